The normalized spacial score (nSPS) is 45.5. The maximum absolute atomic E-state index is 11.3. The molecule has 15 atom stereocenters. The van der Waals surface area contributed by atoms with E-state index in [2.05, 4.69) is 11.5 Å². The number of aliphatic hydroxyl groups excluding tert-OH is 6. The quantitative estimate of drug-likeness (QED) is 0.133. The number of nitrogens with two attached hydrogens (primary N) is 2. The zero-order valence-electron chi connectivity index (χ0n) is 23.8. The molecule has 0 aromatic carbocycles. The molecule has 1 aliphatic carbocycles. The molecule has 3 heterocycles. The highest BCUT2D eigenvalue weighted by atomic mass is 16.7. The van der Waals surface area contributed by atoms with E-state index in [1.165, 1.54) is 0 Å². The van der Waals surface area contributed by atoms with Gasteiger partial charge >= 0.3 is 0 Å². The van der Waals surface area contributed by atoms with Crippen molar-refractivity contribution in [3.05, 3.63) is 29.1 Å². The van der Waals surface area contributed by atoms with Crippen LogP contribution in [0, 0.1) is 20.8 Å². The Morgan fingerprint density at radius 1 is 0.829 bits per heavy atom. The fourth-order valence-corrected chi connectivity index (χ4v) is 6.04. The van der Waals surface area contributed by atoms with E-state index in [1.54, 1.807) is 0 Å². The van der Waals surface area contributed by atoms with Gasteiger partial charge in [0.25, 0.3) is 0 Å². The van der Waals surface area contributed by atoms with Crippen molar-refractivity contribution < 1.29 is 65.6 Å². The van der Waals surface area contributed by atoms with Crippen LogP contribution in [0.1, 0.15) is 23.4 Å². The summed E-state index contributed by atoms with van der Waals surface area (Å²) < 4.78 is 25.7. The smallest absolute Gasteiger partial charge is 0.214 e. The van der Waals surface area contributed by atoms with Gasteiger partial charge < -0.3 is 72.5 Å². The van der Waals surface area contributed by atoms with Gasteiger partial charge in [-0.15, -0.1) is 0 Å². The Labute approximate surface area is 238 Å². The highest BCUT2D eigenvalue weighted by Crippen LogP contribution is 2.30. The van der Waals surface area contributed by atoms with Crippen molar-refractivity contribution in [2.24, 2.45) is 11.5 Å². The highest BCUT2D eigenvalue weighted by molar-refractivity contribution is 5.13. The van der Waals surface area contributed by atoms with Crippen LogP contribution in [-0.2, 0) is 25.5 Å². The summed E-state index contributed by atoms with van der Waals surface area (Å²) in [7, 11) is 0. The molecule has 15 heteroatoms. The van der Waals surface area contributed by atoms with Crippen molar-refractivity contribution in [1.29, 1.82) is 0 Å². The van der Waals surface area contributed by atoms with Crippen LogP contribution in [0.4, 0.5) is 0 Å². The standard InChI is InChI=1S/C26H46N5O10/c1-9-4-10(2)31(11(3)5-9)7-14-20(34)22(36)18(30)25(39-14)38-13-6-12(27)16(28)24(21(13)35)41-26-23(37)17(29)19(33)15(8-32)40-26/h4-5,12-26,32-37H,6-8,27-30H2,1-3H3/q+1/p+2. The summed E-state index contributed by atoms with van der Waals surface area (Å²) >= 11 is 0. The molecular weight excluding hydrogens is 542 g/mol. The first-order valence-electron chi connectivity index (χ1n) is 14.0. The number of nitrogens with zero attached hydrogens (tertiary/aromatic N) is 1. The van der Waals surface area contributed by atoms with Gasteiger partial charge in [-0.05, 0) is 12.5 Å². The molecule has 2 saturated heterocycles. The zero-order chi connectivity index (χ0) is 30.3. The van der Waals surface area contributed by atoms with Crippen LogP contribution in [0.5, 0.6) is 0 Å². The predicted molar refractivity (Wildman–Crippen MR) is 139 cm³/mol. The highest BCUT2D eigenvalue weighted by Gasteiger charge is 2.53. The van der Waals surface area contributed by atoms with E-state index in [0.717, 1.165) is 17.0 Å². The first kappa shape index (κ1) is 32.5. The number of aryl methyl sites for hydroxylation is 3. The molecule has 234 valence electrons. The lowest BCUT2D eigenvalue weighted by Crippen LogP contribution is -2.80. The molecule has 3 fully saturated rings. The van der Waals surface area contributed by atoms with E-state index >= 15 is 0 Å². The maximum atomic E-state index is 11.3. The Bertz CT molecular complexity index is 1020. The molecule has 4 rings (SSSR count). The van der Waals surface area contributed by atoms with Crippen LogP contribution in [0.25, 0.3) is 0 Å². The van der Waals surface area contributed by atoms with Crippen LogP contribution in [0.15, 0.2) is 12.1 Å². The maximum Gasteiger partial charge on any atom is 0.214 e. The number of rotatable bonds is 7. The third-order valence-corrected chi connectivity index (χ3v) is 8.63. The fourth-order valence-electron chi connectivity index (χ4n) is 6.04. The Morgan fingerprint density at radius 2 is 1.44 bits per heavy atom. The number of hydrogen-bond donors (Lipinski definition) is 10. The third-order valence-electron chi connectivity index (χ3n) is 8.63. The van der Waals surface area contributed by atoms with E-state index in [4.69, 9.17) is 30.4 Å². The summed E-state index contributed by atoms with van der Waals surface area (Å²) in [6.07, 6.45) is -12.9. The zero-order valence-corrected chi connectivity index (χ0v) is 23.8. The molecule has 1 aromatic heterocycles. The number of pyridine rings is 1. The number of hydrogen-bond acceptors (Lipinski definition) is 12. The number of ether oxygens (including phenoxy) is 4. The van der Waals surface area contributed by atoms with Crippen LogP contribution < -0.4 is 27.5 Å². The molecule has 0 bridgehead atoms. The minimum atomic E-state index is -1.47. The molecule has 15 unspecified atom stereocenters. The molecular formula is C26H48N5O10+3. The van der Waals surface area contributed by atoms with Gasteiger partial charge in [0.05, 0.1) is 24.8 Å². The molecule has 0 radical (unpaired) electrons. The topological polar surface area (TPSA) is 270 Å². The van der Waals surface area contributed by atoms with E-state index < -0.39 is 98.3 Å². The minimum absolute atomic E-state index is 0.217. The van der Waals surface area contributed by atoms with Crippen molar-refractivity contribution in [3.63, 3.8) is 0 Å². The van der Waals surface area contributed by atoms with Gasteiger partial charge in [0, 0.05) is 32.4 Å². The molecule has 0 amide bonds. The lowest BCUT2D eigenvalue weighted by atomic mass is 9.84. The molecule has 0 spiro atoms. The van der Waals surface area contributed by atoms with E-state index in [1.807, 2.05) is 37.5 Å². The van der Waals surface area contributed by atoms with Gasteiger partial charge in [0.2, 0.25) is 6.29 Å². The summed E-state index contributed by atoms with van der Waals surface area (Å²) in [6, 6.07) is 0.713. The average molecular weight is 591 g/mol. The summed E-state index contributed by atoms with van der Waals surface area (Å²) in [5.74, 6) is 0. The average Bonchev–Trinajstić information content (AvgIpc) is 2.92. The summed E-state index contributed by atoms with van der Waals surface area (Å²) in [4.78, 5) is 0. The molecule has 1 saturated carbocycles. The Morgan fingerprint density at radius 3 is 2.05 bits per heavy atom. The molecule has 2 aliphatic heterocycles. The van der Waals surface area contributed by atoms with Gasteiger partial charge in [0.1, 0.15) is 54.9 Å². The van der Waals surface area contributed by atoms with Gasteiger partial charge in [0.15, 0.2) is 30.3 Å². The van der Waals surface area contributed by atoms with Gasteiger partial charge in [-0.3, -0.25) is 0 Å². The van der Waals surface area contributed by atoms with Crippen molar-refractivity contribution in [2.75, 3.05) is 6.61 Å². The lowest BCUT2D eigenvalue weighted by molar-refractivity contribution is -0.719. The van der Waals surface area contributed by atoms with E-state index in [0.29, 0.717) is 0 Å². The molecule has 1 aromatic rings. The Kier molecular flexibility index (Phi) is 10.4. The molecule has 41 heavy (non-hydrogen) atoms. The monoisotopic (exact) mass is 590 g/mol. The van der Waals surface area contributed by atoms with Gasteiger partial charge in [-0.1, -0.05) is 0 Å². The summed E-state index contributed by atoms with van der Waals surface area (Å²) in [5.41, 5.74) is 23.2. The van der Waals surface area contributed by atoms with Crippen molar-refractivity contribution in [3.8, 4) is 0 Å². The first-order valence-corrected chi connectivity index (χ1v) is 14.0. The van der Waals surface area contributed by atoms with Crippen molar-refractivity contribution >= 4 is 0 Å². The number of quaternary nitrogens is 2. The van der Waals surface area contributed by atoms with Crippen LogP contribution in [0.3, 0.4) is 0 Å². The van der Waals surface area contributed by atoms with Crippen molar-refractivity contribution in [1.82, 2.24) is 0 Å². The third kappa shape index (κ3) is 6.58. The SMILES string of the molecule is Cc1cc(C)[n+](CC2OC(OC3CC([NH3+])C(N)C(OC4OC(CO)C(O)C(N)C4O)C3O)C([NH3+])C(O)C2O)c(C)c1. The lowest BCUT2D eigenvalue weighted by Gasteiger charge is -2.46. The first-order chi connectivity index (χ1) is 19.2. The van der Waals surface area contributed by atoms with E-state index in [9.17, 15) is 30.6 Å². The minimum Gasteiger partial charge on any atom is -0.394 e. The van der Waals surface area contributed by atoms with Crippen LogP contribution >= 0.6 is 0 Å². The van der Waals surface area contributed by atoms with Crippen molar-refractivity contribution in [2.45, 2.75) is 125 Å². The second-order valence-electron chi connectivity index (χ2n) is 11.7. The predicted octanol–water partition coefficient (Wildman–Crippen LogP) is -6.80. The summed E-state index contributed by atoms with van der Waals surface area (Å²) in [5, 5.41) is 63.2. The Hall–Kier alpha value is -1.41. The fraction of sp³-hybridized carbons (Fsp3) is 0.808. The Balaban J connectivity index is 1.49. The second kappa shape index (κ2) is 13.1. The van der Waals surface area contributed by atoms with E-state index in [-0.39, 0.29) is 13.0 Å². The molecule has 15 nitrogen and oxygen atoms in total. The largest absolute Gasteiger partial charge is 0.394 e. The van der Waals surface area contributed by atoms with Gasteiger partial charge in [-0.25, -0.2) is 0 Å². The van der Waals surface area contributed by atoms with Gasteiger partial charge in [-0.2, -0.15) is 4.57 Å². The van der Waals surface area contributed by atoms with Crippen LogP contribution in [-0.4, -0.2) is 129 Å². The molecule has 16 N–H and O–H groups in total. The van der Waals surface area contributed by atoms with Crippen LogP contribution in [0.2, 0.25) is 0 Å². The number of aromatic nitrogens is 1. The summed E-state index contributed by atoms with van der Waals surface area (Å²) in [6.45, 7) is 5.57. The molecule has 3 aliphatic rings. The number of aliphatic hydroxyl groups is 6. The second-order valence-corrected chi connectivity index (χ2v) is 11.7.